The minimum Gasteiger partial charge on any atom is -0.398 e. The Labute approximate surface area is 101 Å². The predicted octanol–water partition coefficient (Wildman–Crippen LogP) is 2.12. The molecule has 0 bridgehead atoms. The SMILES string of the molecule is CC1CC(Nc2ccc(C#N)c(N)c2)CCO1. The van der Waals surface area contributed by atoms with E-state index >= 15 is 0 Å². The average molecular weight is 231 g/mol. The zero-order valence-electron chi connectivity index (χ0n) is 9.94. The number of nitrogens with one attached hydrogen (secondary N) is 1. The Kier molecular flexibility index (Phi) is 3.50. The molecule has 3 N–H and O–H groups in total. The van der Waals surface area contributed by atoms with Crippen LogP contribution in [0.25, 0.3) is 0 Å². The quantitative estimate of drug-likeness (QED) is 0.765. The van der Waals surface area contributed by atoms with Crippen molar-refractivity contribution in [2.45, 2.75) is 31.9 Å². The van der Waals surface area contributed by atoms with Crippen molar-refractivity contribution in [3.05, 3.63) is 23.8 Å². The van der Waals surface area contributed by atoms with E-state index in [0.29, 0.717) is 23.4 Å². The van der Waals surface area contributed by atoms with Crippen LogP contribution in [0, 0.1) is 11.3 Å². The van der Waals surface area contributed by atoms with Crippen molar-refractivity contribution in [2.75, 3.05) is 17.7 Å². The van der Waals surface area contributed by atoms with Gasteiger partial charge in [0.25, 0.3) is 0 Å². The van der Waals surface area contributed by atoms with Gasteiger partial charge in [-0.25, -0.2) is 0 Å². The average Bonchev–Trinajstić information content (AvgIpc) is 2.29. The Morgan fingerprint density at radius 1 is 1.53 bits per heavy atom. The Hall–Kier alpha value is -1.73. The van der Waals surface area contributed by atoms with E-state index in [0.717, 1.165) is 25.1 Å². The topological polar surface area (TPSA) is 71.1 Å². The summed E-state index contributed by atoms with van der Waals surface area (Å²) in [5, 5.41) is 12.2. The lowest BCUT2D eigenvalue weighted by atomic mass is 10.0. The first-order valence-electron chi connectivity index (χ1n) is 5.87. The largest absolute Gasteiger partial charge is 0.398 e. The van der Waals surface area contributed by atoms with Crippen LogP contribution in [0.5, 0.6) is 0 Å². The number of hydrogen-bond donors (Lipinski definition) is 2. The zero-order valence-corrected chi connectivity index (χ0v) is 9.94. The molecule has 1 aliphatic heterocycles. The number of nitriles is 1. The van der Waals surface area contributed by atoms with Crippen molar-refractivity contribution < 1.29 is 4.74 Å². The molecule has 1 aromatic rings. The Morgan fingerprint density at radius 2 is 2.35 bits per heavy atom. The van der Waals surface area contributed by atoms with Crippen molar-refractivity contribution in [1.82, 2.24) is 0 Å². The normalized spacial score (nSPS) is 24.0. The van der Waals surface area contributed by atoms with E-state index in [-0.39, 0.29) is 0 Å². The predicted molar refractivity (Wildman–Crippen MR) is 67.6 cm³/mol. The van der Waals surface area contributed by atoms with Crippen molar-refractivity contribution in [3.63, 3.8) is 0 Å². The highest BCUT2D eigenvalue weighted by Crippen LogP contribution is 2.21. The maximum Gasteiger partial charge on any atom is 0.101 e. The fourth-order valence-electron chi connectivity index (χ4n) is 2.12. The van der Waals surface area contributed by atoms with Crippen molar-refractivity contribution in [1.29, 1.82) is 5.26 Å². The van der Waals surface area contributed by atoms with E-state index in [4.69, 9.17) is 15.7 Å². The molecule has 1 aromatic carbocycles. The number of nitrogen functional groups attached to an aromatic ring is 1. The molecule has 0 aromatic heterocycles. The van der Waals surface area contributed by atoms with Crippen LogP contribution in [0.3, 0.4) is 0 Å². The van der Waals surface area contributed by atoms with Gasteiger partial charge in [0.15, 0.2) is 0 Å². The molecule has 4 heteroatoms. The maximum atomic E-state index is 8.80. The number of ether oxygens (including phenoxy) is 1. The van der Waals surface area contributed by atoms with Crippen molar-refractivity contribution in [3.8, 4) is 6.07 Å². The summed E-state index contributed by atoms with van der Waals surface area (Å²) in [4.78, 5) is 0. The summed E-state index contributed by atoms with van der Waals surface area (Å²) in [5.41, 5.74) is 7.80. The number of benzene rings is 1. The zero-order chi connectivity index (χ0) is 12.3. The van der Waals surface area contributed by atoms with E-state index in [1.807, 2.05) is 12.1 Å². The molecule has 4 nitrogen and oxygen atoms in total. The molecule has 2 unspecified atom stereocenters. The third-order valence-corrected chi connectivity index (χ3v) is 3.03. The van der Waals surface area contributed by atoms with Crippen LogP contribution in [0.1, 0.15) is 25.3 Å². The lowest BCUT2D eigenvalue weighted by Gasteiger charge is -2.28. The molecule has 1 heterocycles. The van der Waals surface area contributed by atoms with Gasteiger partial charge in [-0.05, 0) is 38.0 Å². The standard InChI is InChI=1S/C13H17N3O/c1-9-6-12(4-5-17-9)16-11-3-2-10(8-14)13(15)7-11/h2-3,7,9,12,16H,4-6,15H2,1H3. The first kappa shape index (κ1) is 11.7. The molecule has 1 aliphatic rings. The summed E-state index contributed by atoms with van der Waals surface area (Å²) in [6.45, 7) is 2.88. The molecule has 0 amide bonds. The van der Waals surface area contributed by atoms with Crippen LogP contribution in [-0.2, 0) is 4.74 Å². The first-order valence-corrected chi connectivity index (χ1v) is 5.87. The number of rotatable bonds is 2. The summed E-state index contributed by atoms with van der Waals surface area (Å²) < 4.78 is 5.50. The molecular weight excluding hydrogens is 214 g/mol. The van der Waals surface area contributed by atoms with Gasteiger partial charge in [-0.2, -0.15) is 5.26 Å². The van der Waals surface area contributed by atoms with Gasteiger partial charge in [0, 0.05) is 18.3 Å². The van der Waals surface area contributed by atoms with Crippen molar-refractivity contribution in [2.24, 2.45) is 0 Å². The highest BCUT2D eigenvalue weighted by atomic mass is 16.5. The maximum absolute atomic E-state index is 8.80. The molecular formula is C13H17N3O. The van der Waals surface area contributed by atoms with Crippen LogP contribution in [0.15, 0.2) is 18.2 Å². The number of anilines is 2. The highest BCUT2D eigenvalue weighted by molar-refractivity contribution is 5.62. The van der Waals surface area contributed by atoms with Gasteiger partial charge in [-0.15, -0.1) is 0 Å². The van der Waals surface area contributed by atoms with Crippen molar-refractivity contribution >= 4 is 11.4 Å². The van der Waals surface area contributed by atoms with E-state index in [2.05, 4.69) is 18.3 Å². The molecule has 0 saturated carbocycles. The number of nitrogens with zero attached hydrogens (tertiary/aromatic N) is 1. The van der Waals surface area contributed by atoms with E-state index in [1.165, 1.54) is 0 Å². The molecule has 0 radical (unpaired) electrons. The minimum atomic E-state index is 0.303. The van der Waals surface area contributed by atoms with Gasteiger partial charge in [-0.3, -0.25) is 0 Å². The summed E-state index contributed by atoms with van der Waals surface area (Å²) in [6.07, 6.45) is 2.31. The van der Waals surface area contributed by atoms with Crippen LogP contribution >= 0.6 is 0 Å². The van der Waals surface area contributed by atoms with E-state index in [1.54, 1.807) is 6.07 Å². The van der Waals surface area contributed by atoms with Gasteiger partial charge in [0.2, 0.25) is 0 Å². The van der Waals surface area contributed by atoms with Crippen LogP contribution in [0.2, 0.25) is 0 Å². The summed E-state index contributed by atoms with van der Waals surface area (Å²) in [5.74, 6) is 0. The van der Waals surface area contributed by atoms with Gasteiger partial charge < -0.3 is 15.8 Å². The third-order valence-electron chi connectivity index (χ3n) is 3.03. The summed E-state index contributed by atoms with van der Waals surface area (Å²) in [6, 6.07) is 7.95. The fourth-order valence-corrected chi connectivity index (χ4v) is 2.12. The Balaban J connectivity index is 2.04. The molecule has 0 spiro atoms. The molecule has 17 heavy (non-hydrogen) atoms. The van der Waals surface area contributed by atoms with Gasteiger partial charge in [0.1, 0.15) is 6.07 Å². The monoisotopic (exact) mass is 231 g/mol. The van der Waals surface area contributed by atoms with E-state index < -0.39 is 0 Å². The molecule has 2 atom stereocenters. The molecule has 0 aliphatic carbocycles. The van der Waals surface area contributed by atoms with Crippen LogP contribution < -0.4 is 11.1 Å². The lowest BCUT2D eigenvalue weighted by molar-refractivity contribution is 0.0232. The highest BCUT2D eigenvalue weighted by Gasteiger charge is 2.19. The lowest BCUT2D eigenvalue weighted by Crippen LogP contribution is -2.32. The van der Waals surface area contributed by atoms with Gasteiger partial charge >= 0.3 is 0 Å². The Morgan fingerprint density at radius 3 is 3.00 bits per heavy atom. The molecule has 1 fully saturated rings. The van der Waals surface area contributed by atoms with Gasteiger partial charge in [0.05, 0.1) is 17.4 Å². The summed E-state index contributed by atoms with van der Waals surface area (Å²) in [7, 11) is 0. The second-order valence-electron chi connectivity index (χ2n) is 4.46. The second kappa shape index (κ2) is 5.07. The Bertz CT molecular complexity index is 439. The minimum absolute atomic E-state index is 0.303. The smallest absolute Gasteiger partial charge is 0.101 e. The molecule has 90 valence electrons. The van der Waals surface area contributed by atoms with Gasteiger partial charge in [-0.1, -0.05) is 0 Å². The fraction of sp³-hybridized carbons (Fsp3) is 0.462. The first-order chi connectivity index (χ1) is 8.19. The molecule has 2 rings (SSSR count). The van der Waals surface area contributed by atoms with Crippen LogP contribution in [0.4, 0.5) is 11.4 Å². The van der Waals surface area contributed by atoms with E-state index in [9.17, 15) is 0 Å². The summed E-state index contributed by atoms with van der Waals surface area (Å²) >= 11 is 0. The number of nitrogens with two attached hydrogens (primary N) is 1. The molecule has 1 saturated heterocycles. The second-order valence-corrected chi connectivity index (χ2v) is 4.46. The number of hydrogen-bond acceptors (Lipinski definition) is 4. The van der Waals surface area contributed by atoms with Crippen LogP contribution in [-0.4, -0.2) is 18.8 Å². The third kappa shape index (κ3) is 2.89.